The van der Waals surface area contributed by atoms with Crippen LogP contribution < -0.4 is 0 Å². The highest BCUT2D eigenvalue weighted by atomic mass is 35.5. The van der Waals surface area contributed by atoms with Crippen molar-refractivity contribution in [2.24, 2.45) is 0 Å². The minimum atomic E-state index is -0.439. The molecule has 4 nitrogen and oxygen atoms in total. The van der Waals surface area contributed by atoms with Crippen molar-refractivity contribution in [1.82, 2.24) is 4.90 Å². The number of carbonyl (C=O) groups is 2. The third-order valence-electron chi connectivity index (χ3n) is 2.51. The number of esters is 1. The molecule has 19 heavy (non-hydrogen) atoms. The van der Waals surface area contributed by atoms with Gasteiger partial charge in [-0.3, -0.25) is 9.59 Å². The maximum absolute atomic E-state index is 11.9. The van der Waals surface area contributed by atoms with E-state index in [1.165, 1.54) is 18.1 Å². The number of hydrogen-bond acceptors (Lipinski definition) is 3. The van der Waals surface area contributed by atoms with Crippen molar-refractivity contribution in [2.75, 3.05) is 20.2 Å². The molecule has 0 N–H and O–H groups in total. The van der Waals surface area contributed by atoms with Gasteiger partial charge in [-0.05, 0) is 30.7 Å². The Labute approximate surface area is 117 Å². The van der Waals surface area contributed by atoms with Crippen LogP contribution in [0.4, 0.5) is 0 Å². The summed E-state index contributed by atoms with van der Waals surface area (Å²) in [7, 11) is 1.29. The SMILES string of the molecule is CCN(CC(=O)OC)C(=O)C=Cc1cccc(Cl)c1. The second kappa shape index (κ2) is 7.59. The second-order valence-corrected chi connectivity index (χ2v) is 4.25. The molecule has 5 heteroatoms. The molecule has 0 aliphatic heterocycles. The number of methoxy groups -OCH3 is 1. The lowest BCUT2D eigenvalue weighted by molar-refractivity contribution is -0.145. The zero-order valence-electron chi connectivity index (χ0n) is 10.9. The van der Waals surface area contributed by atoms with E-state index in [1.54, 1.807) is 31.2 Å². The average Bonchev–Trinajstić information content (AvgIpc) is 2.41. The molecule has 0 saturated carbocycles. The molecule has 1 amide bonds. The highest BCUT2D eigenvalue weighted by molar-refractivity contribution is 6.30. The maximum atomic E-state index is 11.9. The number of hydrogen-bond donors (Lipinski definition) is 0. The van der Waals surface area contributed by atoms with Gasteiger partial charge in [-0.25, -0.2) is 0 Å². The van der Waals surface area contributed by atoms with Gasteiger partial charge >= 0.3 is 5.97 Å². The first kappa shape index (κ1) is 15.2. The monoisotopic (exact) mass is 281 g/mol. The van der Waals surface area contributed by atoms with Crippen LogP contribution in [0.25, 0.3) is 6.08 Å². The molecule has 0 spiro atoms. The fraction of sp³-hybridized carbons (Fsp3) is 0.286. The molecule has 0 radical (unpaired) electrons. The van der Waals surface area contributed by atoms with E-state index >= 15 is 0 Å². The first-order valence-electron chi connectivity index (χ1n) is 5.86. The smallest absolute Gasteiger partial charge is 0.325 e. The fourth-order valence-electron chi connectivity index (χ4n) is 1.45. The zero-order valence-corrected chi connectivity index (χ0v) is 11.7. The fourth-order valence-corrected chi connectivity index (χ4v) is 1.65. The van der Waals surface area contributed by atoms with Crippen LogP contribution in [0.15, 0.2) is 30.3 Å². The van der Waals surface area contributed by atoms with Gasteiger partial charge in [0, 0.05) is 17.6 Å². The minimum absolute atomic E-state index is 0.0499. The topological polar surface area (TPSA) is 46.6 Å². The molecule has 0 heterocycles. The molecule has 0 aromatic heterocycles. The highest BCUT2D eigenvalue weighted by Crippen LogP contribution is 2.11. The lowest BCUT2D eigenvalue weighted by Crippen LogP contribution is -2.34. The van der Waals surface area contributed by atoms with Crippen molar-refractivity contribution in [3.05, 3.63) is 40.9 Å². The van der Waals surface area contributed by atoms with Crippen LogP contribution in [-0.2, 0) is 14.3 Å². The van der Waals surface area contributed by atoms with Crippen LogP contribution in [0.1, 0.15) is 12.5 Å². The molecule has 0 fully saturated rings. The Kier molecular flexibility index (Phi) is 6.09. The van der Waals surface area contributed by atoms with Crippen LogP contribution >= 0.6 is 11.6 Å². The predicted octanol–water partition coefficient (Wildman–Crippen LogP) is 2.37. The summed E-state index contributed by atoms with van der Waals surface area (Å²) < 4.78 is 4.54. The van der Waals surface area contributed by atoms with Crippen molar-refractivity contribution in [2.45, 2.75) is 6.92 Å². The quantitative estimate of drug-likeness (QED) is 0.615. The van der Waals surface area contributed by atoms with Crippen molar-refractivity contribution < 1.29 is 14.3 Å². The molecule has 0 aliphatic rings. The predicted molar refractivity (Wildman–Crippen MR) is 74.8 cm³/mol. The molecule has 0 aliphatic carbocycles. The molecule has 0 saturated heterocycles. The molecule has 1 rings (SSSR count). The van der Waals surface area contributed by atoms with Gasteiger partial charge in [0.15, 0.2) is 0 Å². The van der Waals surface area contributed by atoms with Crippen molar-refractivity contribution in [1.29, 1.82) is 0 Å². The Bertz CT molecular complexity index is 485. The number of likely N-dealkylation sites (N-methyl/N-ethyl adjacent to an activating group) is 1. The van der Waals surface area contributed by atoms with Crippen LogP contribution in [-0.4, -0.2) is 37.0 Å². The van der Waals surface area contributed by atoms with Gasteiger partial charge in [0.25, 0.3) is 0 Å². The summed E-state index contributed by atoms with van der Waals surface area (Å²) in [6.07, 6.45) is 3.08. The molecule has 0 atom stereocenters. The molecule has 102 valence electrons. The Hall–Kier alpha value is -1.81. The maximum Gasteiger partial charge on any atom is 0.325 e. The minimum Gasteiger partial charge on any atom is -0.468 e. The summed E-state index contributed by atoms with van der Waals surface area (Å²) >= 11 is 5.85. The standard InChI is InChI=1S/C14H16ClNO3/c1-3-16(10-14(18)19-2)13(17)8-7-11-5-4-6-12(15)9-11/h4-9H,3,10H2,1-2H3. The van der Waals surface area contributed by atoms with Gasteiger partial charge in [-0.15, -0.1) is 0 Å². The van der Waals surface area contributed by atoms with Gasteiger partial charge in [0.2, 0.25) is 5.91 Å². The second-order valence-electron chi connectivity index (χ2n) is 3.82. The number of nitrogens with zero attached hydrogens (tertiary/aromatic N) is 1. The van der Waals surface area contributed by atoms with Crippen molar-refractivity contribution >= 4 is 29.6 Å². The average molecular weight is 282 g/mol. The number of amides is 1. The number of carbonyl (C=O) groups excluding carboxylic acids is 2. The van der Waals surface area contributed by atoms with E-state index in [4.69, 9.17) is 11.6 Å². The number of halogens is 1. The number of rotatable bonds is 5. The summed E-state index contributed by atoms with van der Waals surface area (Å²) in [5.74, 6) is -0.681. The zero-order chi connectivity index (χ0) is 14.3. The third-order valence-corrected chi connectivity index (χ3v) is 2.74. The van der Waals surface area contributed by atoms with Crippen LogP contribution in [0.2, 0.25) is 5.02 Å². The van der Waals surface area contributed by atoms with E-state index in [0.717, 1.165) is 5.56 Å². The Morgan fingerprint density at radius 1 is 1.42 bits per heavy atom. The number of benzene rings is 1. The van der Waals surface area contributed by atoms with E-state index in [2.05, 4.69) is 4.74 Å². The summed E-state index contributed by atoms with van der Waals surface area (Å²) in [5.41, 5.74) is 0.829. The summed E-state index contributed by atoms with van der Waals surface area (Å²) in [6.45, 7) is 2.19. The molecule has 0 bridgehead atoms. The lowest BCUT2D eigenvalue weighted by Gasteiger charge is -2.17. The molecular formula is C14H16ClNO3. The van der Waals surface area contributed by atoms with Crippen LogP contribution in [0, 0.1) is 0 Å². The Morgan fingerprint density at radius 3 is 2.74 bits per heavy atom. The van der Waals surface area contributed by atoms with E-state index in [9.17, 15) is 9.59 Å². The highest BCUT2D eigenvalue weighted by Gasteiger charge is 2.12. The summed E-state index contributed by atoms with van der Waals surface area (Å²) in [4.78, 5) is 24.4. The molecular weight excluding hydrogens is 266 g/mol. The Balaban J connectivity index is 2.69. The Morgan fingerprint density at radius 2 is 2.16 bits per heavy atom. The molecule has 1 aromatic rings. The normalized spacial score (nSPS) is 10.5. The van der Waals surface area contributed by atoms with Crippen molar-refractivity contribution in [3.8, 4) is 0 Å². The largest absolute Gasteiger partial charge is 0.468 e. The van der Waals surface area contributed by atoms with Crippen LogP contribution in [0.3, 0.4) is 0 Å². The molecule has 0 unspecified atom stereocenters. The lowest BCUT2D eigenvalue weighted by atomic mass is 10.2. The van der Waals surface area contributed by atoms with Gasteiger partial charge < -0.3 is 9.64 Å². The van der Waals surface area contributed by atoms with E-state index in [-0.39, 0.29) is 12.5 Å². The summed E-state index contributed by atoms with van der Waals surface area (Å²) in [6, 6.07) is 7.16. The van der Waals surface area contributed by atoms with Gasteiger partial charge in [0.05, 0.1) is 7.11 Å². The van der Waals surface area contributed by atoms with E-state index in [0.29, 0.717) is 11.6 Å². The third kappa shape index (κ3) is 5.14. The van der Waals surface area contributed by atoms with Gasteiger partial charge in [-0.2, -0.15) is 0 Å². The van der Waals surface area contributed by atoms with Gasteiger partial charge in [-0.1, -0.05) is 23.7 Å². The number of ether oxygens (including phenoxy) is 1. The summed E-state index contributed by atoms with van der Waals surface area (Å²) in [5, 5.41) is 0.608. The van der Waals surface area contributed by atoms with Gasteiger partial charge in [0.1, 0.15) is 6.54 Å². The van der Waals surface area contributed by atoms with E-state index in [1.807, 2.05) is 6.07 Å². The molecule has 1 aromatic carbocycles. The first-order chi connectivity index (χ1) is 9.06. The van der Waals surface area contributed by atoms with Crippen molar-refractivity contribution in [3.63, 3.8) is 0 Å². The first-order valence-corrected chi connectivity index (χ1v) is 6.24. The van der Waals surface area contributed by atoms with E-state index < -0.39 is 5.97 Å². The van der Waals surface area contributed by atoms with Crippen LogP contribution in [0.5, 0.6) is 0 Å².